The molecule has 1 aromatic heterocycles. The maximum absolute atomic E-state index is 13.4. The van der Waals surface area contributed by atoms with E-state index in [2.05, 4.69) is 26.1 Å². The van der Waals surface area contributed by atoms with E-state index in [1.54, 1.807) is 17.9 Å². The molecule has 0 unspecified atom stereocenters. The zero-order valence-corrected chi connectivity index (χ0v) is 23.1. The number of benzene rings is 1. The summed E-state index contributed by atoms with van der Waals surface area (Å²) >= 11 is 0. The van der Waals surface area contributed by atoms with Gasteiger partial charge in [0, 0.05) is 19.3 Å². The molecule has 0 saturated carbocycles. The van der Waals surface area contributed by atoms with Crippen LogP contribution in [0.4, 0.5) is 16.2 Å². The number of piperidine rings is 1. The predicted molar refractivity (Wildman–Crippen MR) is 128 cm³/mol. The van der Waals surface area contributed by atoms with Crippen LogP contribution in [-0.4, -0.2) is 55.3 Å². The number of carbonyl (C=O) groups excluding carboxylic acids is 1. The van der Waals surface area contributed by atoms with Gasteiger partial charge >= 0.3 is 29.6 Å². The number of rotatable bonds is 5. The molecule has 1 aromatic carbocycles. The van der Waals surface area contributed by atoms with E-state index >= 15 is 0 Å². The fourth-order valence-electron chi connectivity index (χ4n) is 5.53. The van der Waals surface area contributed by atoms with Gasteiger partial charge in [-0.25, -0.2) is 8.42 Å². The molecular weight excluding hydrogens is 463 g/mol. The zero-order chi connectivity index (χ0) is 23.2. The van der Waals surface area contributed by atoms with Crippen LogP contribution in [-0.2, 0) is 42.9 Å². The van der Waals surface area contributed by atoms with Crippen LogP contribution in [0.3, 0.4) is 0 Å². The SMILES string of the molecule is CN1CCC(N(c2cnn(C)c2)S(=O)(=O)[N-]C(=O)Nc2c3c(cc4c2CCC4)CCC3)CC1.[Na+]. The van der Waals surface area contributed by atoms with Crippen LogP contribution >= 0.6 is 0 Å². The number of amides is 2. The van der Waals surface area contributed by atoms with Crippen molar-refractivity contribution in [2.45, 2.75) is 57.4 Å². The van der Waals surface area contributed by atoms with Crippen molar-refractivity contribution >= 4 is 27.6 Å². The number of carbonyl (C=O) groups is 1. The second kappa shape index (κ2) is 10.2. The van der Waals surface area contributed by atoms with E-state index in [1.165, 1.54) is 21.6 Å². The molecule has 1 N–H and O–H groups in total. The molecule has 3 aliphatic rings. The minimum Gasteiger partial charge on any atom is -0.423 e. The Bertz CT molecular complexity index is 1140. The monoisotopic (exact) mass is 494 g/mol. The number of anilines is 2. The van der Waals surface area contributed by atoms with Crippen LogP contribution in [0.2, 0.25) is 0 Å². The number of aromatic nitrogens is 2. The number of likely N-dealkylation sites (tertiary alicyclic amines) is 1. The molecule has 1 aliphatic heterocycles. The predicted octanol–water partition coefficient (Wildman–Crippen LogP) is 0.153. The largest absolute Gasteiger partial charge is 1.00 e. The molecular formula is C23H31N6NaO3S. The van der Waals surface area contributed by atoms with Gasteiger partial charge in [-0.1, -0.05) is 6.07 Å². The molecule has 0 atom stereocenters. The van der Waals surface area contributed by atoms with Crippen LogP contribution in [0.1, 0.15) is 47.9 Å². The molecule has 2 aliphatic carbocycles. The summed E-state index contributed by atoms with van der Waals surface area (Å²) in [5.41, 5.74) is 6.08. The first-order valence-corrected chi connectivity index (χ1v) is 13.1. The fourth-order valence-corrected chi connectivity index (χ4v) is 6.82. The van der Waals surface area contributed by atoms with Crippen molar-refractivity contribution in [1.29, 1.82) is 0 Å². The smallest absolute Gasteiger partial charge is 0.423 e. The Kier molecular flexibility index (Phi) is 7.64. The van der Waals surface area contributed by atoms with E-state index in [-0.39, 0.29) is 35.6 Å². The summed E-state index contributed by atoms with van der Waals surface area (Å²) in [6, 6.07) is 1.18. The Balaban J connectivity index is 0.00000274. The normalized spacial score (nSPS) is 18.2. The first-order valence-electron chi connectivity index (χ1n) is 11.7. The molecule has 0 spiro atoms. The Morgan fingerprint density at radius 3 is 2.26 bits per heavy atom. The van der Waals surface area contributed by atoms with Crippen molar-refractivity contribution in [3.8, 4) is 0 Å². The first kappa shape index (κ1) is 25.5. The van der Waals surface area contributed by atoms with Crippen LogP contribution in [0.25, 0.3) is 4.72 Å². The van der Waals surface area contributed by atoms with E-state index in [9.17, 15) is 13.2 Å². The minimum absolute atomic E-state index is 0. The molecule has 0 bridgehead atoms. The number of nitrogens with zero attached hydrogens (tertiary/aromatic N) is 5. The van der Waals surface area contributed by atoms with Gasteiger partial charge in [-0.15, -0.1) is 0 Å². The van der Waals surface area contributed by atoms with Crippen molar-refractivity contribution in [2.24, 2.45) is 7.05 Å². The molecule has 2 heterocycles. The van der Waals surface area contributed by atoms with Gasteiger partial charge in [0.2, 0.25) is 0 Å². The van der Waals surface area contributed by atoms with E-state index < -0.39 is 16.2 Å². The zero-order valence-electron chi connectivity index (χ0n) is 20.2. The van der Waals surface area contributed by atoms with Crippen molar-refractivity contribution in [2.75, 3.05) is 29.8 Å². The number of aryl methyl sites for hydroxylation is 3. The summed E-state index contributed by atoms with van der Waals surface area (Å²) in [5, 5.41) is 7.02. The number of nitrogens with one attached hydrogen (secondary N) is 1. The molecule has 9 nitrogen and oxygen atoms in total. The number of hydrogen-bond donors (Lipinski definition) is 1. The molecule has 1 saturated heterocycles. The Morgan fingerprint density at radius 1 is 1.09 bits per heavy atom. The van der Waals surface area contributed by atoms with Crippen LogP contribution in [0.5, 0.6) is 0 Å². The quantitative estimate of drug-likeness (QED) is 0.597. The average Bonchev–Trinajstić information content (AvgIpc) is 3.50. The molecule has 2 aromatic rings. The first-order chi connectivity index (χ1) is 15.8. The molecule has 1 fully saturated rings. The maximum atomic E-state index is 13.4. The minimum atomic E-state index is -4.25. The second-order valence-electron chi connectivity index (χ2n) is 9.44. The van der Waals surface area contributed by atoms with E-state index in [4.69, 9.17) is 0 Å². The third kappa shape index (κ3) is 5.02. The fraction of sp³-hybridized carbons (Fsp3) is 0.565. The van der Waals surface area contributed by atoms with E-state index in [1.807, 2.05) is 7.05 Å². The van der Waals surface area contributed by atoms with Crippen LogP contribution in [0.15, 0.2) is 18.5 Å². The number of hydrogen-bond acceptors (Lipinski definition) is 5. The van der Waals surface area contributed by atoms with E-state index in [0.717, 1.165) is 68.4 Å². The van der Waals surface area contributed by atoms with Crippen molar-refractivity contribution in [3.63, 3.8) is 0 Å². The standard InChI is InChI=1S/C23H32N6O3S.Na/c1-27-11-9-18(10-12-27)29(19-14-24-28(2)15-19)33(31,32)26-23(30)25-22-20-7-3-5-16(20)13-17-6-4-8-21(17)22;/h13-15,18H,3-12H2,1-2H3,(H2,25,26,30);/q;+1/p-1. The van der Waals surface area contributed by atoms with Crippen LogP contribution < -0.4 is 39.2 Å². The van der Waals surface area contributed by atoms with Gasteiger partial charge < -0.3 is 14.9 Å². The van der Waals surface area contributed by atoms with Crippen LogP contribution in [0, 0.1) is 0 Å². The van der Waals surface area contributed by atoms with E-state index in [0.29, 0.717) is 18.5 Å². The molecule has 2 amide bonds. The van der Waals surface area contributed by atoms with Gasteiger partial charge in [0.1, 0.15) is 0 Å². The molecule has 5 rings (SSSR count). The van der Waals surface area contributed by atoms with Gasteiger partial charge in [0.05, 0.1) is 11.9 Å². The summed E-state index contributed by atoms with van der Waals surface area (Å²) in [5.74, 6) is 0. The average molecular weight is 495 g/mol. The van der Waals surface area contributed by atoms with Crippen molar-refractivity contribution < 1.29 is 42.8 Å². The Hall–Kier alpha value is -1.59. The summed E-state index contributed by atoms with van der Waals surface area (Å²) in [4.78, 5) is 15.2. The molecule has 34 heavy (non-hydrogen) atoms. The third-order valence-corrected chi connectivity index (χ3v) is 8.52. The number of fused-ring (bicyclic) bond motifs is 2. The summed E-state index contributed by atoms with van der Waals surface area (Å²) < 4.78 is 33.5. The molecule has 0 radical (unpaired) electrons. The van der Waals surface area contributed by atoms with Gasteiger partial charge in [-0.3, -0.25) is 13.8 Å². The van der Waals surface area contributed by atoms with Crippen molar-refractivity contribution in [3.05, 3.63) is 45.4 Å². The topological polar surface area (TPSA) is 102 Å². The molecule has 178 valence electrons. The van der Waals surface area contributed by atoms with Gasteiger partial charge in [-0.2, -0.15) is 5.10 Å². The maximum Gasteiger partial charge on any atom is 1.00 e. The summed E-state index contributed by atoms with van der Waals surface area (Å²) in [6.45, 7) is 1.57. The third-order valence-electron chi connectivity index (χ3n) is 7.12. The van der Waals surface area contributed by atoms with Gasteiger partial charge in [-0.05, 0) is 99.4 Å². The van der Waals surface area contributed by atoms with Crippen molar-refractivity contribution in [1.82, 2.24) is 14.7 Å². The number of urea groups is 1. The summed E-state index contributed by atoms with van der Waals surface area (Å²) in [6.07, 6.45) is 10.4. The van der Waals surface area contributed by atoms with Gasteiger partial charge in [0.25, 0.3) is 10.2 Å². The second-order valence-corrected chi connectivity index (χ2v) is 10.9. The Labute approximate surface area is 223 Å². The Morgan fingerprint density at radius 2 is 1.71 bits per heavy atom. The molecule has 11 heteroatoms. The van der Waals surface area contributed by atoms with Gasteiger partial charge in [0.15, 0.2) is 6.03 Å². The summed E-state index contributed by atoms with van der Waals surface area (Å²) in [7, 11) is -0.491.